The van der Waals surface area contributed by atoms with Gasteiger partial charge in [0.05, 0.1) is 12.0 Å². The Labute approximate surface area is 166 Å². The number of nitrogens with two attached hydrogens (primary N) is 1. The smallest absolute Gasteiger partial charge is 0.223 e. The van der Waals surface area contributed by atoms with E-state index < -0.39 is 0 Å². The first-order valence-corrected chi connectivity index (χ1v) is 10.7. The van der Waals surface area contributed by atoms with Crippen molar-refractivity contribution in [2.75, 3.05) is 7.11 Å². The lowest BCUT2D eigenvalue weighted by molar-refractivity contribution is -0.126. The fourth-order valence-corrected chi connectivity index (χ4v) is 3.52. The Morgan fingerprint density at radius 3 is 2.11 bits per heavy atom. The van der Waals surface area contributed by atoms with Crippen molar-refractivity contribution in [2.24, 2.45) is 11.7 Å². The largest absolute Gasteiger partial charge is 0.376 e. The third-order valence-electron chi connectivity index (χ3n) is 5.14. The summed E-state index contributed by atoms with van der Waals surface area (Å²) in [7, 11) is 1.65. The Morgan fingerprint density at radius 1 is 0.963 bits per heavy atom. The van der Waals surface area contributed by atoms with E-state index in [0.29, 0.717) is 0 Å². The van der Waals surface area contributed by atoms with E-state index >= 15 is 0 Å². The number of hydrogen-bond donors (Lipinski definition) is 1. The number of unbranched alkanes of at least 4 members (excludes halogenated alkanes) is 8. The molecule has 3 heteroatoms. The Morgan fingerprint density at radius 2 is 1.56 bits per heavy atom. The third-order valence-corrected chi connectivity index (χ3v) is 5.14. The fraction of sp³-hybridized carbons (Fsp3) is 0.625. The van der Waals surface area contributed by atoms with Gasteiger partial charge < -0.3 is 10.5 Å². The van der Waals surface area contributed by atoms with Gasteiger partial charge in [0.25, 0.3) is 0 Å². The maximum atomic E-state index is 11.9. The first-order chi connectivity index (χ1) is 13.2. The minimum Gasteiger partial charge on any atom is -0.376 e. The van der Waals surface area contributed by atoms with Crippen LogP contribution in [-0.2, 0) is 9.53 Å². The van der Waals surface area contributed by atoms with Gasteiger partial charge in [0.2, 0.25) is 5.91 Å². The van der Waals surface area contributed by atoms with Crippen LogP contribution in [0.15, 0.2) is 42.5 Å². The van der Waals surface area contributed by atoms with Gasteiger partial charge in [0.1, 0.15) is 0 Å². The van der Waals surface area contributed by atoms with E-state index in [2.05, 4.69) is 19.1 Å². The molecule has 2 unspecified atom stereocenters. The second-order valence-corrected chi connectivity index (χ2v) is 7.39. The molecule has 27 heavy (non-hydrogen) atoms. The van der Waals surface area contributed by atoms with Gasteiger partial charge in [-0.25, -0.2) is 0 Å². The number of rotatable bonds is 16. The number of allylic oxidation sites excluding steroid dienone is 2. The maximum Gasteiger partial charge on any atom is 0.223 e. The standard InChI is InChI=1S/C24H39NO2/c1-3-4-5-6-7-8-9-10-11-12-13-17-20-22(24(25)26)23(27-2)21-18-15-14-16-19-21/h8-9,14-16,18-19,22-23H,3-7,10-13,17,20H2,1-2H3,(H2,25,26)/b9-8-. The molecule has 1 rings (SSSR count). The quantitative estimate of drug-likeness (QED) is 0.271. The second kappa shape index (κ2) is 15.4. The van der Waals surface area contributed by atoms with Crippen LogP contribution in [0.25, 0.3) is 0 Å². The first kappa shape index (κ1) is 23.4. The van der Waals surface area contributed by atoms with E-state index in [-0.39, 0.29) is 17.9 Å². The number of benzene rings is 1. The van der Waals surface area contributed by atoms with Crippen LogP contribution < -0.4 is 5.73 Å². The van der Waals surface area contributed by atoms with E-state index in [9.17, 15) is 4.79 Å². The highest BCUT2D eigenvalue weighted by Crippen LogP contribution is 2.29. The molecule has 0 aliphatic rings. The SMILES string of the molecule is CCCCCC/C=C\CCCCCCC(C(N)=O)C(OC)c1ccccc1. The topological polar surface area (TPSA) is 52.3 Å². The molecule has 0 heterocycles. The van der Waals surface area contributed by atoms with Gasteiger partial charge in [-0.1, -0.05) is 87.9 Å². The average Bonchev–Trinajstić information content (AvgIpc) is 2.68. The first-order valence-electron chi connectivity index (χ1n) is 10.7. The lowest BCUT2D eigenvalue weighted by Crippen LogP contribution is -2.29. The molecule has 0 aromatic heterocycles. The molecule has 0 aliphatic heterocycles. The van der Waals surface area contributed by atoms with E-state index in [1.54, 1.807) is 7.11 Å². The molecule has 152 valence electrons. The third kappa shape index (κ3) is 10.3. The van der Waals surface area contributed by atoms with Gasteiger partial charge in [0, 0.05) is 7.11 Å². The molecule has 3 nitrogen and oxygen atoms in total. The zero-order chi connectivity index (χ0) is 19.7. The minimum atomic E-state index is -0.267. The van der Waals surface area contributed by atoms with Crippen molar-refractivity contribution in [1.29, 1.82) is 0 Å². The predicted molar refractivity (Wildman–Crippen MR) is 114 cm³/mol. The van der Waals surface area contributed by atoms with Crippen molar-refractivity contribution < 1.29 is 9.53 Å². The van der Waals surface area contributed by atoms with Crippen LogP contribution in [0.2, 0.25) is 0 Å². The summed E-state index contributed by atoms with van der Waals surface area (Å²) in [6.07, 6.45) is 17.5. The highest BCUT2D eigenvalue weighted by molar-refractivity contribution is 5.77. The van der Waals surface area contributed by atoms with Crippen LogP contribution in [0, 0.1) is 5.92 Å². The summed E-state index contributed by atoms with van der Waals surface area (Å²) in [5.41, 5.74) is 6.68. The molecule has 1 aromatic carbocycles. The van der Waals surface area contributed by atoms with Crippen molar-refractivity contribution in [2.45, 2.75) is 83.7 Å². The van der Waals surface area contributed by atoms with Crippen LogP contribution in [0.5, 0.6) is 0 Å². The Kier molecular flexibility index (Phi) is 13.4. The average molecular weight is 374 g/mol. The van der Waals surface area contributed by atoms with Crippen molar-refractivity contribution in [3.63, 3.8) is 0 Å². The van der Waals surface area contributed by atoms with E-state index in [1.807, 2.05) is 30.3 Å². The van der Waals surface area contributed by atoms with Crippen molar-refractivity contribution in [3.8, 4) is 0 Å². The summed E-state index contributed by atoms with van der Waals surface area (Å²) in [5.74, 6) is -0.530. The summed E-state index contributed by atoms with van der Waals surface area (Å²) in [6, 6.07) is 9.90. The molecular formula is C24H39NO2. The molecule has 0 saturated heterocycles. The summed E-state index contributed by atoms with van der Waals surface area (Å²) < 4.78 is 5.61. The predicted octanol–water partition coefficient (Wildman–Crippen LogP) is 6.34. The molecule has 2 atom stereocenters. The molecular weight excluding hydrogens is 334 g/mol. The number of hydrogen-bond acceptors (Lipinski definition) is 2. The molecule has 0 bridgehead atoms. The number of carbonyl (C=O) groups excluding carboxylic acids is 1. The van der Waals surface area contributed by atoms with Crippen molar-refractivity contribution >= 4 is 5.91 Å². The lowest BCUT2D eigenvalue weighted by Gasteiger charge is -2.24. The van der Waals surface area contributed by atoms with Gasteiger partial charge in [0.15, 0.2) is 0 Å². The number of ether oxygens (including phenoxy) is 1. The molecule has 1 amide bonds. The van der Waals surface area contributed by atoms with Gasteiger partial charge in [-0.05, 0) is 37.7 Å². The van der Waals surface area contributed by atoms with Crippen molar-refractivity contribution in [1.82, 2.24) is 0 Å². The fourth-order valence-electron chi connectivity index (χ4n) is 3.52. The van der Waals surface area contributed by atoms with Crippen LogP contribution in [-0.4, -0.2) is 13.0 Å². The van der Waals surface area contributed by atoms with Gasteiger partial charge in [-0.2, -0.15) is 0 Å². The van der Waals surface area contributed by atoms with E-state index in [0.717, 1.165) is 31.2 Å². The molecule has 0 spiro atoms. The molecule has 1 aromatic rings. The second-order valence-electron chi connectivity index (χ2n) is 7.39. The zero-order valence-corrected chi connectivity index (χ0v) is 17.4. The molecule has 0 fully saturated rings. The number of carbonyl (C=O) groups is 1. The zero-order valence-electron chi connectivity index (χ0n) is 17.4. The van der Waals surface area contributed by atoms with Gasteiger partial charge >= 0.3 is 0 Å². The normalized spacial score (nSPS) is 13.7. The maximum absolute atomic E-state index is 11.9. The summed E-state index contributed by atoms with van der Waals surface area (Å²) >= 11 is 0. The van der Waals surface area contributed by atoms with Crippen LogP contribution in [0.1, 0.15) is 89.2 Å². The molecule has 0 radical (unpaired) electrons. The molecule has 0 aliphatic carbocycles. The lowest BCUT2D eigenvalue weighted by atomic mass is 9.90. The van der Waals surface area contributed by atoms with Crippen molar-refractivity contribution in [3.05, 3.63) is 48.0 Å². The Hall–Kier alpha value is -1.61. The van der Waals surface area contributed by atoms with Gasteiger partial charge in [-0.15, -0.1) is 0 Å². The summed E-state index contributed by atoms with van der Waals surface area (Å²) in [6.45, 7) is 2.25. The highest BCUT2D eigenvalue weighted by Gasteiger charge is 2.27. The molecule has 2 N–H and O–H groups in total. The number of primary amides is 1. The highest BCUT2D eigenvalue weighted by atomic mass is 16.5. The van der Waals surface area contributed by atoms with Crippen LogP contribution >= 0.6 is 0 Å². The van der Waals surface area contributed by atoms with E-state index in [4.69, 9.17) is 10.5 Å². The Balaban J connectivity index is 2.22. The van der Waals surface area contributed by atoms with E-state index in [1.165, 1.54) is 44.9 Å². The number of methoxy groups -OCH3 is 1. The summed E-state index contributed by atoms with van der Waals surface area (Å²) in [4.78, 5) is 11.9. The van der Waals surface area contributed by atoms with Crippen LogP contribution in [0.4, 0.5) is 0 Å². The van der Waals surface area contributed by atoms with Gasteiger partial charge in [-0.3, -0.25) is 4.79 Å². The van der Waals surface area contributed by atoms with Crippen LogP contribution in [0.3, 0.4) is 0 Å². The Bertz CT molecular complexity index is 512. The monoisotopic (exact) mass is 373 g/mol. The minimum absolute atomic E-state index is 0.251. The summed E-state index contributed by atoms with van der Waals surface area (Å²) in [5, 5.41) is 0. The molecule has 0 saturated carbocycles. The number of amides is 1.